The molecule has 0 saturated heterocycles. The van der Waals surface area contributed by atoms with Gasteiger partial charge in [0.2, 0.25) is 0 Å². The monoisotopic (exact) mass is 609 g/mol. The second-order valence-corrected chi connectivity index (χ2v) is 11.8. The lowest BCUT2D eigenvalue weighted by molar-refractivity contribution is 0.669. The van der Waals surface area contributed by atoms with Gasteiger partial charge in [-0.15, -0.1) is 0 Å². The molecule has 9 rings (SSSR count). The fourth-order valence-corrected chi connectivity index (χ4v) is 6.67. The van der Waals surface area contributed by atoms with Gasteiger partial charge in [0.05, 0.1) is 0 Å². The number of fused-ring (bicyclic) bond motifs is 5. The first-order valence-electron chi connectivity index (χ1n) is 15.1. The summed E-state index contributed by atoms with van der Waals surface area (Å²) in [4.78, 5) is 15.2. The minimum Gasteiger partial charge on any atom is -0.456 e. The zero-order valence-electron chi connectivity index (χ0n) is 24.5. The molecule has 0 N–H and O–H groups in total. The van der Waals surface area contributed by atoms with Crippen LogP contribution in [0, 0.1) is 0 Å². The van der Waals surface area contributed by atoms with Crippen molar-refractivity contribution in [2.45, 2.75) is 0 Å². The molecule has 2 heterocycles. The standard InChI is InChI=1S/C41H24ClN3O/c42-28-20-21-29-34-23-27(19-22-35(34)46-36(29)24-28)37-30-15-7-9-17-32(30)38(33-18-10-8-16-31(33)37)41-44-39(25-11-3-1-4-12-25)43-40(45-41)26-13-5-2-6-14-26/h1-24H. The predicted octanol–water partition coefficient (Wildman–Crippen LogP) is 11.4. The number of rotatable bonds is 4. The van der Waals surface area contributed by atoms with E-state index >= 15 is 0 Å². The lowest BCUT2D eigenvalue weighted by atomic mass is 9.87. The van der Waals surface area contributed by atoms with E-state index in [4.69, 9.17) is 31.0 Å². The van der Waals surface area contributed by atoms with Crippen LogP contribution in [-0.4, -0.2) is 15.0 Å². The third-order valence-corrected chi connectivity index (χ3v) is 8.81. The molecule has 216 valence electrons. The fourth-order valence-electron chi connectivity index (χ4n) is 6.51. The van der Waals surface area contributed by atoms with E-state index in [1.807, 2.05) is 78.9 Å². The molecule has 0 bridgehead atoms. The topological polar surface area (TPSA) is 51.8 Å². The highest BCUT2D eigenvalue weighted by Crippen LogP contribution is 2.44. The normalized spacial score (nSPS) is 11.6. The molecule has 9 aromatic rings. The van der Waals surface area contributed by atoms with Crippen molar-refractivity contribution in [2.24, 2.45) is 0 Å². The van der Waals surface area contributed by atoms with Crippen LogP contribution in [0.2, 0.25) is 5.02 Å². The van der Waals surface area contributed by atoms with Gasteiger partial charge in [0, 0.05) is 38.6 Å². The van der Waals surface area contributed by atoms with Crippen molar-refractivity contribution in [1.29, 1.82) is 0 Å². The predicted molar refractivity (Wildman–Crippen MR) is 189 cm³/mol. The lowest BCUT2D eigenvalue weighted by Crippen LogP contribution is -2.01. The number of nitrogens with zero attached hydrogens (tertiary/aromatic N) is 3. The summed E-state index contributed by atoms with van der Waals surface area (Å²) < 4.78 is 6.16. The second kappa shape index (κ2) is 10.7. The molecule has 46 heavy (non-hydrogen) atoms. The molecule has 5 heteroatoms. The van der Waals surface area contributed by atoms with Crippen molar-refractivity contribution in [2.75, 3.05) is 0 Å². The van der Waals surface area contributed by atoms with Crippen molar-refractivity contribution < 1.29 is 4.42 Å². The Morgan fingerprint density at radius 1 is 0.370 bits per heavy atom. The molecule has 2 aromatic heterocycles. The van der Waals surface area contributed by atoms with Crippen LogP contribution >= 0.6 is 11.6 Å². The van der Waals surface area contributed by atoms with Gasteiger partial charge in [0.25, 0.3) is 0 Å². The van der Waals surface area contributed by atoms with Gasteiger partial charge >= 0.3 is 0 Å². The first-order valence-corrected chi connectivity index (χ1v) is 15.5. The van der Waals surface area contributed by atoms with Crippen molar-refractivity contribution in [3.05, 3.63) is 151 Å². The Bertz CT molecular complexity index is 2480. The van der Waals surface area contributed by atoms with E-state index in [-0.39, 0.29) is 0 Å². The quantitative estimate of drug-likeness (QED) is 0.186. The maximum Gasteiger partial charge on any atom is 0.165 e. The minimum atomic E-state index is 0.638. The molecule has 0 amide bonds. The molecule has 0 radical (unpaired) electrons. The van der Waals surface area contributed by atoms with Crippen LogP contribution in [0.4, 0.5) is 0 Å². The van der Waals surface area contributed by atoms with Crippen LogP contribution in [0.15, 0.2) is 150 Å². The average Bonchev–Trinajstić information content (AvgIpc) is 3.47. The Hall–Kier alpha value is -5.84. The summed E-state index contributed by atoms with van der Waals surface area (Å²) in [5, 5.41) is 7.14. The first-order chi connectivity index (χ1) is 22.7. The van der Waals surface area contributed by atoms with E-state index in [2.05, 4.69) is 66.7 Å². The van der Waals surface area contributed by atoms with Gasteiger partial charge in [-0.25, -0.2) is 15.0 Å². The first kappa shape index (κ1) is 26.6. The van der Waals surface area contributed by atoms with Gasteiger partial charge in [-0.2, -0.15) is 0 Å². The van der Waals surface area contributed by atoms with Crippen LogP contribution in [0.1, 0.15) is 0 Å². The highest BCUT2D eigenvalue weighted by atomic mass is 35.5. The average molecular weight is 610 g/mol. The molecule has 0 aliphatic carbocycles. The van der Waals surface area contributed by atoms with Crippen LogP contribution in [-0.2, 0) is 0 Å². The molecule has 0 spiro atoms. The summed E-state index contributed by atoms with van der Waals surface area (Å²) >= 11 is 6.28. The van der Waals surface area contributed by atoms with Gasteiger partial charge in [0.15, 0.2) is 17.5 Å². The summed E-state index contributed by atoms with van der Waals surface area (Å²) in [5.74, 6) is 1.91. The van der Waals surface area contributed by atoms with Gasteiger partial charge in [-0.1, -0.05) is 127 Å². The largest absolute Gasteiger partial charge is 0.456 e. The zero-order chi connectivity index (χ0) is 30.6. The fraction of sp³-hybridized carbons (Fsp3) is 0. The Kier molecular flexibility index (Phi) is 6.15. The van der Waals surface area contributed by atoms with Gasteiger partial charge in [-0.05, 0) is 56.9 Å². The smallest absolute Gasteiger partial charge is 0.165 e. The summed E-state index contributed by atoms with van der Waals surface area (Å²) in [5.41, 5.74) is 6.74. The number of furan rings is 1. The molecule has 0 fully saturated rings. The maximum absolute atomic E-state index is 6.28. The van der Waals surface area contributed by atoms with E-state index < -0.39 is 0 Å². The third-order valence-electron chi connectivity index (χ3n) is 8.58. The van der Waals surface area contributed by atoms with E-state index in [9.17, 15) is 0 Å². The highest BCUT2D eigenvalue weighted by molar-refractivity contribution is 6.31. The van der Waals surface area contributed by atoms with Crippen LogP contribution in [0.5, 0.6) is 0 Å². The summed E-state index contributed by atoms with van der Waals surface area (Å²) in [6.45, 7) is 0. The number of hydrogen-bond acceptors (Lipinski definition) is 4. The lowest BCUT2D eigenvalue weighted by Gasteiger charge is -2.17. The van der Waals surface area contributed by atoms with E-state index in [0.717, 1.165) is 71.3 Å². The maximum atomic E-state index is 6.28. The molecule has 4 nitrogen and oxygen atoms in total. The van der Waals surface area contributed by atoms with Crippen molar-refractivity contribution in [3.63, 3.8) is 0 Å². The van der Waals surface area contributed by atoms with E-state index in [1.54, 1.807) is 0 Å². The number of halogens is 1. The molecule has 0 aliphatic rings. The van der Waals surface area contributed by atoms with Crippen LogP contribution in [0.25, 0.3) is 88.8 Å². The Balaban J connectivity index is 1.35. The molecule has 0 unspecified atom stereocenters. The number of aromatic nitrogens is 3. The summed E-state index contributed by atoms with van der Waals surface area (Å²) in [6.07, 6.45) is 0. The number of hydrogen-bond donors (Lipinski definition) is 0. The van der Waals surface area contributed by atoms with Gasteiger partial charge in [-0.3, -0.25) is 0 Å². The summed E-state index contributed by atoms with van der Waals surface area (Å²) in [7, 11) is 0. The minimum absolute atomic E-state index is 0.638. The van der Waals surface area contributed by atoms with Crippen molar-refractivity contribution in [1.82, 2.24) is 15.0 Å². The van der Waals surface area contributed by atoms with Gasteiger partial charge in [0.1, 0.15) is 11.2 Å². The van der Waals surface area contributed by atoms with Crippen molar-refractivity contribution in [3.8, 4) is 45.3 Å². The SMILES string of the molecule is Clc1ccc2c(c1)oc1ccc(-c3c4ccccc4c(-c4nc(-c5ccccc5)nc(-c5ccccc5)n4)c4ccccc34)cc12. The van der Waals surface area contributed by atoms with Crippen LogP contribution in [0.3, 0.4) is 0 Å². The van der Waals surface area contributed by atoms with Crippen molar-refractivity contribution >= 4 is 55.1 Å². The van der Waals surface area contributed by atoms with E-state index in [0.29, 0.717) is 22.5 Å². The summed E-state index contributed by atoms with van der Waals surface area (Å²) in [6, 6.07) is 49.5. The molecule has 7 aromatic carbocycles. The molecule has 0 saturated carbocycles. The van der Waals surface area contributed by atoms with Gasteiger partial charge < -0.3 is 4.42 Å². The second-order valence-electron chi connectivity index (χ2n) is 11.3. The molecule has 0 atom stereocenters. The zero-order valence-corrected chi connectivity index (χ0v) is 25.2. The Labute approximate surface area is 269 Å². The highest BCUT2D eigenvalue weighted by Gasteiger charge is 2.21. The Morgan fingerprint density at radius 3 is 1.48 bits per heavy atom. The molecular formula is C41H24ClN3O. The number of benzene rings is 7. The molecular weight excluding hydrogens is 586 g/mol. The third kappa shape index (κ3) is 4.34. The Morgan fingerprint density at radius 2 is 0.891 bits per heavy atom. The van der Waals surface area contributed by atoms with Crippen LogP contribution < -0.4 is 0 Å². The van der Waals surface area contributed by atoms with E-state index in [1.165, 1.54) is 0 Å². The molecule has 0 aliphatic heterocycles.